The number of nitrogens with one attached hydrogen (secondary N) is 1. The predicted molar refractivity (Wildman–Crippen MR) is 89.5 cm³/mol. The molecule has 0 unspecified atom stereocenters. The van der Waals surface area contributed by atoms with Gasteiger partial charge in [-0.05, 0) is 42.3 Å². The summed E-state index contributed by atoms with van der Waals surface area (Å²) in [7, 11) is -3.57. The van der Waals surface area contributed by atoms with Gasteiger partial charge in [-0.25, -0.2) is 8.42 Å². The molecule has 22 heavy (non-hydrogen) atoms. The number of anilines is 1. The summed E-state index contributed by atoms with van der Waals surface area (Å²) < 4.78 is 27.5. The second-order valence-corrected chi connectivity index (χ2v) is 7.37. The molecule has 112 valence electrons. The van der Waals surface area contributed by atoms with Gasteiger partial charge in [0, 0.05) is 22.7 Å². The highest BCUT2D eigenvalue weighted by atomic mass is 32.2. The number of nitrogens with zero attached hydrogens (tertiary/aromatic N) is 1. The summed E-state index contributed by atoms with van der Waals surface area (Å²) in [5.41, 5.74) is 2.31. The second-order valence-electron chi connectivity index (χ2n) is 4.81. The Balaban J connectivity index is 1.88. The Hall–Kier alpha value is -2.18. The molecule has 0 saturated heterocycles. The van der Waals surface area contributed by atoms with Crippen molar-refractivity contribution in [2.45, 2.75) is 11.8 Å². The monoisotopic (exact) mass is 330 g/mol. The third-order valence-electron chi connectivity index (χ3n) is 3.20. The summed E-state index contributed by atoms with van der Waals surface area (Å²) in [5.74, 6) is 0. The van der Waals surface area contributed by atoms with Crippen molar-refractivity contribution in [3.63, 3.8) is 0 Å². The van der Waals surface area contributed by atoms with Crippen LogP contribution >= 0.6 is 11.3 Å². The Morgan fingerprint density at radius 1 is 1.09 bits per heavy atom. The van der Waals surface area contributed by atoms with Gasteiger partial charge in [0.1, 0.15) is 0 Å². The van der Waals surface area contributed by atoms with Crippen LogP contribution in [0.15, 0.2) is 65.1 Å². The molecule has 0 atom stereocenters. The number of aryl methyl sites for hydroxylation is 1. The second kappa shape index (κ2) is 5.90. The molecule has 0 fully saturated rings. The summed E-state index contributed by atoms with van der Waals surface area (Å²) in [6.07, 6.45) is 3.43. The Bertz CT molecular complexity index is 887. The molecule has 0 radical (unpaired) electrons. The summed E-state index contributed by atoms with van der Waals surface area (Å²) >= 11 is 1.49. The summed E-state index contributed by atoms with van der Waals surface area (Å²) in [6, 6.07) is 12.5. The predicted octanol–water partition coefficient (Wildman–Crippen LogP) is 3.92. The van der Waals surface area contributed by atoms with Gasteiger partial charge in [0.2, 0.25) is 0 Å². The number of hydrogen-bond acceptors (Lipinski definition) is 4. The number of pyridine rings is 1. The first kappa shape index (κ1) is 14.7. The third kappa shape index (κ3) is 3.03. The minimum Gasteiger partial charge on any atom is -0.279 e. The minimum atomic E-state index is -3.57. The Labute approximate surface area is 133 Å². The lowest BCUT2D eigenvalue weighted by Crippen LogP contribution is -2.13. The minimum absolute atomic E-state index is 0.298. The van der Waals surface area contributed by atoms with E-state index in [9.17, 15) is 8.42 Å². The van der Waals surface area contributed by atoms with Crippen LogP contribution in [0.25, 0.3) is 10.4 Å². The lowest BCUT2D eigenvalue weighted by molar-refractivity contribution is 0.600. The van der Waals surface area contributed by atoms with Gasteiger partial charge < -0.3 is 0 Å². The summed E-state index contributed by atoms with van der Waals surface area (Å²) in [4.78, 5) is 5.27. The van der Waals surface area contributed by atoms with E-state index < -0.39 is 10.0 Å². The molecule has 1 N–H and O–H groups in total. The molecule has 0 aliphatic carbocycles. The molecule has 0 amide bonds. The SMILES string of the molecule is Cc1ccccc1S(=O)(=O)Nc1csc(-c2ccncc2)c1. The molecule has 1 aromatic carbocycles. The van der Waals surface area contributed by atoms with Gasteiger partial charge in [-0.1, -0.05) is 18.2 Å². The molecule has 0 aliphatic rings. The Kier molecular flexibility index (Phi) is 3.96. The van der Waals surface area contributed by atoms with Gasteiger partial charge in [0.25, 0.3) is 10.0 Å². The number of hydrogen-bond donors (Lipinski definition) is 1. The fourth-order valence-corrected chi connectivity index (χ4v) is 4.34. The molecule has 3 aromatic rings. The van der Waals surface area contributed by atoms with Crippen molar-refractivity contribution in [2.24, 2.45) is 0 Å². The number of benzene rings is 1. The zero-order chi connectivity index (χ0) is 15.6. The number of rotatable bonds is 4. The van der Waals surface area contributed by atoms with Crippen LogP contribution in [0.2, 0.25) is 0 Å². The van der Waals surface area contributed by atoms with Crippen LogP contribution in [0.4, 0.5) is 5.69 Å². The maximum absolute atomic E-state index is 12.5. The number of aromatic nitrogens is 1. The van der Waals surface area contributed by atoms with E-state index in [0.29, 0.717) is 10.6 Å². The van der Waals surface area contributed by atoms with Crippen LogP contribution in [-0.2, 0) is 10.0 Å². The molecule has 0 saturated carbocycles. The Morgan fingerprint density at radius 2 is 1.82 bits per heavy atom. The van der Waals surface area contributed by atoms with Crippen molar-refractivity contribution in [1.29, 1.82) is 0 Å². The van der Waals surface area contributed by atoms with Crippen molar-refractivity contribution in [1.82, 2.24) is 4.98 Å². The van der Waals surface area contributed by atoms with Crippen molar-refractivity contribution in [3.8, 4) is 10.4 Å². The van der Waals surface area contributed by atoms with Crippen molar-refractivity contribution < 1.29 is 8.42 Å². The molecule has 0 aliphatic heterocycles. The van der Waals surface area contributed by atoms with Crippen LogP contribution in [0.1, 0.15) is 5.56 Å². The molecule has 6 heteroatoms. The first-order chi connectivity index (χ1) is 10.6. The summed E-state index contributed by atoms with van der Waals surface area (Å²) in [6.45, 7) is 1.78. The van der Waals surface area contributed by atoms with Crippen LogP contribution in [0.5, 0.6) is 0 Å². The average molecular weight is 330 g/mol. The highest BCUT2D eigenvalue weighted by molar-refractivity contribution is 7.92. The molecule has 0 bridgehead atoms. The van der Waals surface area contributed by atoms with E-state index in [0.717, 1.165) is 16.0 Å². The third-order valence-corrected chi connectivity index (χ3v) is 5.72. The summed E-state index contributed by atoms with van der Waals surface area (Å²) in [5, 5.41) is 1.80. The smallest absolute Gasteiger partial charge is 0.262 e. The largest absolute Gasteiger partial charge is 0.279 e. The van der Waals surface area contributed by atoms with Gasteiger partial charge in [-0.2, -0.15) is 0 Å². The zero-order valence-corrected chi connectivity index (χ0v) is 13.5. The molecule has 4 nitrogen and oxygen atoms in total. The lowest BCUT2D eigenvalue weighted by Gasteiger charge is -2.08. The molecular formula is C16H14N2O2S2. The highest BCUT2D eigenvalue weighted by Gasteiger charge is 2.17. The van der Waals surface area contributed by atoms with E-state index in [4.69, 9.17) is 0 Å². The van der Waals surface area contributed by atoms with Gasteiger partial charge in [-0.3, -0.25) is 9.71 Å². The van der Waals surface area contributed by atoms with Crippen LogP contribution in [0, 0.1) is 6.92 Å². The fraction of sp³-hybridized carbons (Fsp3) is 0.0625. The van der Waals surface area contributed by atoms with Crippen molar-refractivity contribution in [2.75, 3.05) is 4.72 Å². The molecule has 0 spiro atoms. The van der Waals surface area contributed by atoms with E-state index >= 15 is 0 Å². The van der Waals surface area contributed by atoms with Gasteiger partial charge in [0.05, 0.1) is 10.6 Å². The first-order valence-electron chi connectivity index (χ1n) is 6.64. The molecular weight excluding hydrogens is 316 g/mol. The van der Waals surface area contributed by atoms with E-state index in [-0.39, 0.29) is 0 Å². The van der Waals surface area contributed by atoms with E-state index in [1.165, 1.54) is 11.3 Å². The van der Waals surface area contributed by atoms with Crippen LogP contribution in [0.3, 0.4) is 0 Å². The van der Waals surface area contributed by atoms with Crippen molar-refractivity contribution in [3.05, 3.63) is 65.8 Å². The van der Waals surface area contributed by atoms with Gasteiger partial charge in [-0.15, -0.1) is 11.3 Å². The quantitative estimate of drug-likeness (QED) is 0.789. The molecule has 2 aromatic heterocycles. The molecule has 3 rings (SSSR count). The maximum atomic E-state index is 12.5. The zero-order valence-electron chi connectivity index (χ0n) is 11.9. The first-order valence-corrected chi connectivity index (χ1v) is 9.00. The number of sulfonamides is 1. The van der Waals surface area contributed by atoms with Crippen LogP contribution in [-0.4, -0.2) is 13.4 Å². The standard InChI is InChI=1S/C16H14N2O2S2/c1-12-4-2-3-5-16(12)22(19,20)18-14-10-15(21-11-14)13-6-8-17-9-7-13/h2-11,18H,1H3. The fourth-order valence-electron chi connectivity index (χ4n) is 2.13. The lowest BCUT2D eigenvalue weighted by atomic mass is 10.2. The number of thiophene rings is 1. The van der Waals surface area contributed by atoms with Crippen LogP contribution < -0.4 is 4.72 Å². The van der Waals surface area contributed by atoms with Gasteiger partial charge in [0.15, 0.2) is 0 Å². The van der Waals surface area contributed by atoms with E-state index in [1.807, 2.05) is 24.3 Å². The average Bonchev–Trinajstić information content (AvgIpc) is 2.96. The van der Waals surface area contributed by atoms with Crippen molar-refractivity contribution >= 4 is 27.0 Å². The topological polar surface area (TPSA) is 59.1 Å². The molecule has 2 heterocycles. The van der Waals surface area contributed by atoms with E-state index in [1.54, 1.807) is 42.9 Å². The normalized spacial score (nSPS) is 11.3. The van der Waals surface area contributed by atoms with E-state index in [2.05, 4.69) is 9.71 Å². The highest BCUT2D eigenvalue weighted by Crippen LogP contribution is 2.30. The Morgan fingerprint density at radius 3 is 2.55 bits per heavy atom. The van der Waals surface area contributed by atoms with Gasteiger partial charge >= 0.3 is 0 Å². The maximum Gasteiger partial charge on any atom is 0.262 e.